The van der Waals surface area contributed by atoms with E-state index in [2.05, 4.69) is 26.0 Å². The number of nitro groups is 1. The van der Waals surface area contributed by atoms with E-state index in [1.165, 1.54) is 19.3 Å². The Morgan fingerprint density at radius 3 is 2.21 bits per heavy atom. The Kier molecular flexibility index (Phi) is 2.35. The van der Waals surface area contributed by atoms with Crippen molar-refractivity contribution in [1.82, 2.24) is 14.8 Å². The van der Waals surface area contributed by atoms with Crippen molar-refractivity contribution < 1.29 is 4.92 Å². The molecule has 0 saturated heterocycles. The molecule has 1 heterocycles. The third-order valence-electron chi connectivity index (χ3n) is 5.18. The van der Waals surface area contributed by atoms with E-state index in [0.29, 0.717) is 4.73 Å². The standard InChI is InChI=1S/C12H15BrN4O2/c13-10-14-11(17(18)19)16(15-10)12-4-7-1-8(5-12)3-9(2-7)6-12/h7-9H,1-6H2. The molecule has 1 aromatic rings. The number of rotatable bonds is 2. The second kappa shape index (κ2) is 3.77. The Labute approximate surface area is 118 Å². The fourth-order valence-corrected chi connectivity index (χ4v) is 5.36. The number of aromatic nitrogens is 3. The van der Waals surface area contributed by atoms with Gasteiger partial charge in [0.25, 0.3) is 0 Å². The zero-order valence-corrected chi connectivity index (χ0v) is 12.0. The van der Waals surface area contributed by atoms with Gasteiger partial charge in [0.2, 0.25) is 0 Å². The van der Waals surface area contributed by atoms with E-state index in [0.717, 1.165) is 37.0 Å². The van der Waals surface area contributed by atoms with Gasteiger partial charge in [-0.2, -0.15) is 0 Å². The van der Waals surface area contributed by atoms with Crippen LogP contribution in [-0.2, 0) is 5.54 Å². The van der Waals surface area contributed by atoms with E-state index in [1.807, 2.05) is 0 Å². The Morgan fingerprint density at radius 2 is 1.74 bits per heavy atom. The fraction of sp³-hybridized carbons (Fsp3) is 0.833. The van der Waals surface area contributed by atoms with E-state index in [9.17, 15) is 10.1 Å². The Bertz CT molecular complexity index is 521. The molecule has 4 aliphatic rings. The minimum atomic E-state index is -0.406. The van der Waals surface area contributed by atoms with Crippen molar-refractivity contribution in [1.29, 1.82) is 0 Å². The van der Waals surface area contributed by atoms with Gasteiger partial charge in [-0.25, -0.2) is 0 Å². The first-order valence-electron chi connectivity index (χ1n) is 6.83. The topological polar surface area (TPSA) is 73.8 Å². The second-order valence-corrected chi connectivity index (χ2v) is 7.20. The molecule has 5 rings (SSSR count). The SMILES string of the molecule is O=[N+]([O-])c1nc(Br)nn1C12CC3CC(CC(C3)C1)C2. The van der Waals surface area contributed by atoms with Crippen molar-refractivity contribution in [3.8, 4) is 0 Å². The highest BCUT2D eigenvalue weighted by Gasteiger charge is 2.56. The first-order chi connectivity index (χ1) is 9.06. The highest BCUT2D eigenvalue weighted by atomic mass is 79.9. The molecule has 4 fully saturated rings. The molecule has 0 unspecified atom stereocenters. The van der Waals surface area contributed by atoms with Gasteiger partial charge in [0.05, 0.1) is 0 Å². The van der Waals surface area contributed by atoms with Crippen LogP contribution in [-0.4, -0.2) is 19.7 Å². The summed E-state index contributed by atoms with van der Waals surface area (Å²) in [5.74, 6) is 2.09. The average Bonchev–Trinajstić information content (AvgIpc) is 2.70. The van der Waals surface area contributed by atoms with Gasteiger partial charge >= 0.3 is 10.7 Å². The summed E-state index contributed by atoms with van der Waals surface area (Å²) in [6, 6.07) is 0. The van der Waals surface area contributed by atoms with Crippen molar-refractivity contribution >= 4 is 21.9 Å². The average molecular weight is 327 g/mol. The van der Waals surface area contributed by atoms with Gasteiger partial charge in [-0.1, -0.05) is 5.10 Å². The van der Waals surface area contributed by atoms with Gasteiger partial charge in [0.15, 0.2) is 0 Å². The molecule has 102 valence electrons. The maximum Gasteiger partial charge on any atom is 0.457 e. The molecule has 4 saturated carbocycles. The molecule has 7 heteroatoms. The van der Waals surface area contributed by atoms with Crippen molar-refractivity contribution in [2.24, 2.45) is 17.8 Å². The molecule has 0 atom stereocenters. The molecule has 0 aliphatic heterocycles. The number of nitrogens with zero attached hydrogens (tertiary/aromatic N) is 4. The van der Waals surface area contributed by atoms with Crippen molar-refractivity contribution in [3.63, 3.8) is 0 Å². The highest BCUT2D eigenvalue weighted by Crippen LogP contribution is 2.59. The van der Waals surface area contributed by atoms with Crippen LogP contribution in [0.2, 0.25) is 0 Å². The molecule has 4 bridgehead atoms. The summed E-state index contributed by atoms with van der Waals surface area (Å²) in [6.45, 7) is 0. The summed E-state index contributed by atoms with van der Waals surface area (Å²) in [6.07, 6.45) is 7.04. The van der Waals surface area contributed by atoms with Crippen molar-refractivity contribution in [2.45, 2.75) is 44.1 Å². The largest absolute Gasteiger partial charge is 0.457 e. The third-order valence-corrected chi connectivity index (χ3v) is 5.52. The first kappa shape index (κ1) is 11.8. The van der Waals surface area contributed by atoms with E-state index in [4.69, 9.17) is 0 Å². The second-order valence-electron chi connectivity index (χ2n) is 6.49. The van der Waals surface area contributed by atoms with E-state index in [-0.39, 0.29) is 11.5 Å². The van der Waals surface area contributed by atoms with E-state index >= 15 is 0 Å². The molecule has 0 aromatic carbocycles. The zero-order chi connectivity index (χ0) is 13.2. The van der Waals surface area contributed by atoms with Crippen LogP contribution in [0.25, 0.3) is 0 Å². The third kappa shape index (κ3) is 1.67. The number of hydrogen-bond acceptors (Lipinski definition) is 4. The van der Waals surface area contributed by atoms with Crippen LogP contribution < -0.4 is 0 Å². The molecule has 6 nitrogen and oxygen atoms in total. The molecular weight excluding hydrogens is 312 g/mol. The first-order valence-corrected chi connectivity index (χ1v) is 7.62. The van der Waals surface area contributed by atoms with Crippen LogP contribution in [0, 0.1) is 27.9 Å². The van der Waals surface area contributed by atoms with Gasteiger partial charge < -0.3 is 10.1 Å². The maximum atomic E-state index is 11.2. The lowest BCUT2D eigenvalue weighted by Gasteiger charge is -2.54. The summed E-state index contributed by atoms with van der Waals surface area (Å²) in [5, 5.41) is 15.5. The number of hydrogen-bond donors (Lipinski definition) is 0. The molecule has 4 aliphatic carbocycles. The smallest absolute Gasteiger partial charge is 0.390 e. The summed E-state index contributed by atoms with van der Waals surface area (Å²) < 4.78 is 1.96. The van der Waals surface area contributed by atoms with E-state index < -0.39 is 4.92 Å². The Balaban J connectivity index is 1.81. The van der Waals surface area contributed by atoms with Gasteiger partial charge in [0.1, 0.15) is 5.54 Å². The molecule has 0 amide bonds. The predicted octanol–water partition coefficient (Wildman–Crippen LogP) is 2.87. The normalized spacial score (nSPS) is 39.7. The zero-order valence-electron chi connectivity index (χ0n) is 10.5. The van der Waals surface area contributed by atoms with E-state index in [1.54, 1.807) is 4.68 Å². The van der Waals surface area contributed by atoms with Gasteiger partial charge in [-0.05, 0) is 66.2 Å². The Morgan fingerprint density at radius 1 is 1.21 bits per heavy atom. The maximum absolute atomic E-state index is 11.2. The summed E-state index contributed by atoms with van der Waals surface area (Å²) in [4.78, 5) is 14.7. The molecule has 19 heavy (non-hydrogen) atoms. The van der Waals surface area contributed by atoms with Crippen LogP contribution >= 0.6 is 15.9 Å². The molecule has 0 radical (unpaired) electrons. The minimum absolute atomic E-state index is 0.103. The minimum Gasteiger partial charge on any atom is -0.390 e. The molecule has 1 aromatic heterocycles. The van der Waals surface area contributed by atoms with Gasteiger partial charge in [-0.3, -0.25) is 0 Å². The number of halogens is 1. The van der Waals surface area contributed by atoms with Crippen LogP contribution in [0.3, 0.4) is 0 Å². The fourth-order valence-electron chi connectivity index (χ4n) is 5.04. The summed E-state index contributed by atoms with van der Waals surface area (Å²) in [5.41, 5.74) is -0.143. The monoisotopic (exact) mass is 326 g/mol. The van der Waals surface area contributed by atoms with Crippen LogP contribution in [0.5, 0.6) is 0 Å². The highest BCUT2D eigenvalue weighted by molar-refractivity contribution is 9.10. The molecule has 0 N–H and O–H groups in total. The Hall–Kier alpha value is -0.980. The van der Waals surface area contributed by atoms with Crippen molar-refractivity contribution in [2.75, 3.05) is 0 Å². The van der Waals surface area contributed by atoms with Crippen LogP contribution in [0.4, 0.5) is 5.95 Å². The van der Waals surface area contributed by atoms with Crippen molar-refractivity contribution in [3.05, 3.63) is 14.8 Å². The van der Waals surface area contributed by atoms with Crippen LogP contribution in [0.1, 0.15) is 38.5 Å². The van der Waals surface area contributed by atoms with Gasteiger partial charge in [-0.15, -0.1) is 4.68 Å². The molecule has 0 spiro atoms. The summed E-state index contributed by atoms with van der Waals surface area (Å²) >= 11 is 3.18. The lowest BCUT2D eigenvalue weighted by Crippen LogP contribution is -2.52. The lowest BCUT2D eigenvalue weighted by molar-refractivity contribution is -0.399. The molecular formula is C12H15BrN4O2. The lowest BCUT2D eigenvalue weighted by atomic mass is 9.53. The predicted molar refractivity (Wildman–Crippen MR) is 70.5 cm³/mol. The van der Waals surface area contributed by atoms with Crippen LogP contribution in [0.15, 0.2) is 4.73 Å². The summed E-state index contributed by atoms with van der Waals surface area (Å²) in [7, 11) is 0. The quantitative estimate of drug-likeness (QED) is 0.618. The van der Waals surface area contributed by atoms with Gasteiger partial charge in [0, 0.05) is 15.9 Å².